The molecular weight excluding hydrogens is 454 g/mol. The number of nitro benzene ring substituents is 1. The standard InChI is InChI=1S/C26H21NO8/c1-4-17-9-10-18(13-23(17)27(31)32)26(21-8-6-5-7-20(21)25(30)35-26)22-12-11-19(33-15(2)28)14-24(22)34-16(3)29/h5-14H,4H2,1-3H3. The number of hydrogen-bond acceptors (Lipinski definition) is 8. The van der Waals surface area contributed by atoms with E-state index in [2.05, 4.69) is 0 Å². The van der Waals surface area contributed by atoms with E-state index in [-0.39, 0.29) is 28.3 Å². The molecule has 0 N–H and O–H groups in total. The average molecular weight is 475 g/mol. The second-order valence-corrected chi connectivity index (χ2v) is 7.92. The Morgan fingerprint density at radius 1 is 0.971 bits per heavy atom. The third kappa shape index (κ3) is 4.12. The van der Waals surface area contributed by atoms with Gasteiger partial charge in [-0.15, -0.1) is 0 Å². The number of fused-ring (bicyclic) bond motifs is 1. The molecule has 3 aromatic rings. The Morgan fingerprint density at radius 3 is 2.34 bits per heavy atom. The Morgan fingerprint density at radius 2 is 1.69 bits per heavy atom. The lowest BCUT2D eigenvalue weighted by Gasteiger charge is -2.31. The first-order chi connectivity index (χ1) is 16.7. The minimum atomic E-state index is -1.66. The van der Waals surface area contributed by atoms with E-state index in [0.717, 1.165) is 0 Å². The summed E-state index contributed by atoms with van der Waals surface area (Å²) in [5.41, 5.74) is -0.0459. The van der Waals surface area contributed by atoms with Crippen molar-refractivity contribution in [2.24, 2.45) is 0 Å². The molecular formula is C26H21NO8. The number of ether oxygens (including phenoxy) is 3. The van der Waals surface area contributed by atoms with Crippen molar-refractivity contribution >= 4 is 23.6 Å². The van der Waals surface area contributed by atoms with Crippen molar-refractivity contribution in [3.05, 3.63) is 98.6 Å². The third-order valence-corrected chi connectivity index (χ3v) is 5.69. The Labute approximate surface area is 200 Å². The van der Waals surface area contributed by atoms with Crippen molar-refractivity contribution in [3.63, 3.8) is 0 Å². The number of aryl methyl sites for hydroxylation is 1. The van der Waals surface area contributed by atoms with Gasteiger partial charge in [0.1, 0.15) is 11.5 Å². The van der Waals surface area contributed by atoms with Crippen LogP contribution in [0.3, 0.4) is 0 Å². The van der Waals surface area contributed by atoms with Crippen LogP contribution in [-0.4, -0.2) is 22.8 Å². The Hall–Kier alpha value is -4.53. The SMILES string of the molecule is CCc1ccc(C2(c3ccc(OC(C)=O)cc3OC(C)=O)OC(=O)c3ccccc32)cc1[N+](=O)[O-]. The number of benzene rings is 3. The van der Waals surface area contributed by atoms with Gasteiger partial charge >= 0.3 is 17.9 Å². The molecule has 1 heterocycles. The number of carbonyl (C=O) groups is 3. The molecule has 1 atom stereocenters. The van der Waals surface area contributed by atoms with Gasteiger partial charge in [-0.1, -0.05) is 37.3 Å². The van der Waals surface area contributed by atoms with Crippen LogP contribution in [-0.2, 0) is 26.3 Å². The number of esters is 3. The fraction of sp³-hybridized carbons (Fsp3) is 0.192. The minimum Gasteiger partial charge on any atom is -0.440 e. The summed E-state index contributed by atoms with van der Waals surface area (Å²) in [4.78, 5) is 47.8. The van der Waals surface area contributed by atoms with E-state index in [4.69, 9.17) is 14.2 Å². The summed E-state index contributed by atoms with van der Waals surface area (Å²) < 4.78 is 16.6. The fourth-order valence-electron chi connectivity index (χ4n) is 4.30. The van der Waals surface area contributed by atoms with E-state index < -0.39 is 28.4 Å². The highest BCUT2D eigenvalue weighted by atomic mass is 16.6. The summed E-state index contributed by atoms with van der Waals surface area (Å²) in [5, 5.41) is 11.8. The molecule has 0 aromatic heterocycles. The maximum atomic E-state index is 13.0. The van der Waals surface area contributed by atoms with Crippen LogP contribution in [0.4, 0.5) is 5.69 Å². The predicted molar refractivity (Wildman–Crippen MR) is 123 cm³/mol. The van der Waals surface area contributed by atoms with Gasteiger partial charge in [0.25, 0.3) is 5.69 Å². The van der Waals surface area contributed by atoms with Crippen LogP contribution in [0.15, 0.2) is 60.7 Å². The Balaban J connectivity index is 2.07. The lowest BCUT2D eigenvalue weighted by Crippen LogP contribution is -2.30. The van der Waals surface area contributed by atoms with Crippen LogP contribution in [0.25, 0.3) is 0 Å². The minimum absolute atomic E-state index is 0.0250. The number of nitrogens with zero attached hydrogens (tertiary/aromatic N) is 1. The van der Waals surface area contributed by atoms with E-state index in [0.29, 0.717) is 23.1 Å². The molecule has 178 valence electrons. The number of carbonyl (C=O) groups excluding carboxylic acids is 3. The quantitative estimate of drug-likeness (QED) is 0.221. The van der Waals surface area contributed by atoms with Crippen molar-refractivity contribution < 1.29 is 33.5 Å². The highest BCUT2D eigenvalue weighted by molar-refractivity contribution is 5.96. The van der Waals surface area contributed by atoms with Gasteiger partial charge in [-0.25, -0.2) is 4.79 Å². The van der Waals surface area contributed by atoms with E-state index in [1.807, 2.05) is 0 Å². The molecule has 0 radical (unpaired) electrons. The molecule has 0 saturated carbocycles. The van der Waals surface area contributed by atoms with Crippen molar-refractivity contribution in [3.8, 4) is 11.5 Å². The van der Waals surface area contributed by atoms with Crippen molar-refractivity contribution in [1.82, 2.24) is 0 Å². The van der Waals surface area contributed by atoms with Crippen LogP contribution in [0.5, 0.6) is 11.5 Å². The summed E-state index contributed by atoms with van der Waals surface area (Å²) in [7, 11) is 0. The zero-order valence-electron chi connectivity index (χ0n) is 19.2. The van der Waals surface area contributed by atoms with E-state index in [9.17, 15) is 24.5 Å². The van der Waals surface area contributed by atoms with Gasteiger partial charge in [0, 0.05) is 48.2 Å². The molecule has 9 heteroatoms. The lowest BCUT2D eigenvalue weighted by atomic mass is 9.79. The van der Waals surface area contributed by atoms with E-state index in [1.54, 1.807) is 43.3 Å². The van der Waals surface area contributed by atoms with E-state index >= 15 is 0 Å². The average Bonchev–Trinajstić information content (AvgIpc) is 3.11. The normalized spacial score (nSPS) is 16.3. The molecule has 35 heavy (non-hydrogen) atoms. The molecule has 0 amide bonds. The second-order valence-electron chi connectivity index (χ2n) is 7.92. The van der Waals surface area contributed by atoms with Crippen LogP contribution < -0.4 is 9.47 Å². The maximum absolute atomic E-state index is 13.0. The highest BCUT2D eigenvalue weighted by Crippen LogP contribution is 2.51. The van der Waals surface area contributed by atoms with Gasteiger partial charge < -0.3 is 14.2 Å². The van der Waals surface area contributed by atoms with Crippen molar-refractivity contribution in [1.29, 1.82) is 0 Å². The largest absolute Gasteiger partial charge is 0.440 e. The first-order valence-electron chi connectivity index (χ1n) is 10.8. The number of cyclic esters (lactones) is 1. The topological polar surface area (TPSA) is 122 Å². The Kier molecular flexibility index (Phi) is 6.09. The van der Waals surface area contributed by atoms with Gasteiger partial charge in [0.2, 0.25) is 0 Å². The molecule has 0 aliphatic carbocycles. The van der Waals surface area contributed by atoms with Crippen molar-refractivity contribution in [2.45, 2.75) is 32.8 Å². The molecule has 4 rings (SSSR count). The molecule has 1 aliphatic rings. The molecule has 0 bridgehead atoms. The summed E-state index contributed by atoms with van der Waals surface area (Å²) in [5.74, 6) is -1.79. The van der Waals surface area contributed by atoms with Gasteiger partial charge in [0.15, 0.2) is 5.60 Å². The summed E-state index contributed by atoms with van der Waals surface area (Å²) >= 11 is 0. The van der Waals surface area contributed by atoms with Gasteiger partial charge in [-0.3, -0.25) is 19.7 Å². The number of rotatable bonds is 6. The second kappa shape index (κ2) is 9.02. The number of nitro groups is 1. The van der Waals surface area contributed by atoms with Gasteiger partial charge in [-0.05, 0) is 24.6 Å². The smallest absolute Gasteiger partial charge is 0.340 e. The van der Waals surface area contributed by atoms with Gasteiger partial charge in [0.05, 0.1) is 10.5 Å². The van der Waals surface area contributed by atoms with Crippen LogP contribution in [0.2, 0.25) is 0 Å². The lowest BCUT2D eigenvalue weighted by molar-refractivity contribution is -0.385. The number of hydrogen-bond donors (Lipinski definition) is 0. The molecule has 9 nitrogen and oxygen atoms in total. The zero-order valence-corrected chi connectivity index (χ0v) is 19.2. The first kappa shape index (κ1) is 23.6. The van der Waals surface area contributed by atoms with Crippen LogP contribution >= 0.6 is 0 Å². The molecule has 0 fully saturated rings. The van der Waals surface area contributed by atoms with Gasteiger partial charge in [-0.2, -0.15) is 0 Å². The summed E-state index contributed by atoms with van der Waals surface area (Å²) in [6.45, 7) is 4.23. The molecule has 0 spiro atoms. The van der Waals surface area contributed by atoms with Crippen LogP contribution in [0.1, 0.15) is 53.4 Å². The molecule has 0 saturated heterocycles. The summed E-state index contributed by atoms with van der Waals surface area (Å²) in [6, 6.07) is 15.6. The third-order valence-electron chi connectivity index (χ3n) is 5.69. The van der Waals surface area contributed by atoms with Crippen molar-refractivity contribution in [2.75, 3.05) is 0 Å². The first-order valence-corrected chi connectivity index (χ1v) is 10.8. The molecule has 3 aromatic carbocycles. The zero-order chi connectivity index (χ0) is 25.3. The summed E-state index contributed by atoms with van der Waals surface area (Å²) in [6.07, 6.45) is 0.426. The fourth-order valence-corrected chi connectivity index (χ4v) is 4.30. The highest BCUT2D eigenvalue weighted by Gasteiger charge is 2.51. The Bertz CT molecular complexity index is 1380. The van der Waals surface area contributed by atoms with E-state index in [1.165, 1.54) is 38.1 Å². The maximum Gasteiger partial charge on any atom is 0.340 e. The predicted octanol–water partition coefficient (Wildman–Crippen LogP) is 4.47. The molecule has 1 unspecified atom stereocenters. The van der Waals surface area contributed by atoms with Crippen LogP contribution in [0, 0.1) is 10.1 Å². The monoisotopic (exact) mass is 475 g/mol. The molecule has 1 aliphatic heterocycles.